The monoisotopic (exact) mass is 455 g/mol. The van der Waals surface area contributed by atoms with Crippen molar-refractivity contribution in [2.45, 2.75) is 23.7 Å². The molecule has 1 unspecified atom stereocenters. The number of imidazole rings is 1. The first kappa shape index (κ1) is 21.2. The summed E-state index contributed by atoms with van der Waals surface area (Å²) in [4.78, 5) is 39.8. The van der Waals surface area contributed by atoms with Gasteiger partial charge in [0.15, 0.2) is 27.4 Å². The summed E-state index contributed by atoms with van der Waals surface area (Å²) in [7, 11) is -3.71. The van der Waals surface area contributed by atoms with Crippen molar-refractivity contribution in [3.8, 4) is 0 Å². The van der Waals surface area contributed by atoms with Gasteiger partial charge in [0.25, 0.3) is 5.91 Å². The van der Waals surface area contributed by atoms with Crippen LogP contribution in [0.3, 0.4) is 0 Å². The lowest BCUT2D eigenvalue weighted by molar-refractivity contribution is -0.123. The highest BCUT2D eigenvalue weighted by atomic mass is 32.2. The van der Waals surface area contributed by atoms with Gasteiger partial charge in [0.2, 0.25) is 5.76 Å². The quantitative estimate of drug-likeness (QED) is 0.398. The van der Waals surface area contributed by atoms with Gasteiger partial charge in [-0.3, -0.25) is 4.79 Å². The Labute approximate surface area is 181 Å². The molecule has 0 aliphatic carbocycles. The number of furan rings is 1. The van der Waals surface area contributed by atoms with E-state index in [4.69, 9.17) is 9.15 Å². The minimum atomic E-state index is -3.71. The van der Waals surface area contributed by atoms with Crippen molar-refractivity contribution in [3.05, 3.63) is 66.6 Å². The molecule has 32 heavy (non-hydrogen) atoms. The van der Waals surface area contributed by atoms with Crippen molar-refractivity contribution in [3.63, 3.8) is 0 Å². The Balaban J connectivity index is 1.45. The largest absolute Gasteiger partial charge is 0.457 e. The number of anilines is 1. The molecule has 1 amide bonds. The first-order chi connectivity index (χ1) is 15.3. The number of sulfone groups is 1. The Hall–Kier alpha value is -4.06. The Bertz CT molecular complexity index is 1380. The molecule has 164 valence electrons. The van der Waals surface area contributed by atoms with E-state index in [1.54, 1.807) is 18.2 Å². The van der Waals surface area contributed by atoms with Crippen LogP contribution in [0.25, 0.3) is 11.2 Å². The van der Waals surface area contributed by atoms with Crippen LogP contribution in [0.5, 0.6) is 0 Å². The Morgan fingerprint density at radius 3 is 2.72 bits per heavy atom. The standard InChI is InChI=1S/C20H17N5O6S/c1-12(19(26)25-18-15-17(22-10-21-15)23-11-24-18)31-20(27)16-13(7-8-30-16)9-32(28,29)14-5-3-2-4-6-14/h2-8,10-12H,9H2,1H3,(H2,21,22,23,24,25,26). The van der Waals surface area contributed by atoms with Crippen LogP contribution in [-0.2, 0) is 25.1 Å². The average molecular weight is 455 g/mol. The van der Waals surface area contributed by atoms with Crippen LogP contribution in [0.1, 0.15) is 23.0 Å². The van der Waals surface area contributed by atoms with E-state index in [0.717, 1.165) is 0 Å². The fraction of sp³-hybridized carbons (Fsp3) is 0.150. The zero-order chi connectivity index (χ0) is 22.7. The third kappa shape index (κ3) is 4.34. The van der Waals surface area contributed by atoms with Gasteiger partial charge in [-0.05, 0) is 25.1 Å². The van der Waals surface area contributed by atoms with E-state index in [0.29, 0.717) is 11.2 Å². The maximum atomic E-state index is 12.6. The molecule has 2 N–H and O–H groups in total. The molecule has 3 heterocycles. The van der Waals surface area contributed by atoms with Gasteiger partial charge in [-0.25, -0.2) is 28.2 Å². The number of ether oxygens (including phenoxy) is 1. The molecule has 1 atom stereocenters. The van der Waals surface area contributed by atoms with Crippen molar-refractivity contribution in [1.29, 1.82) is 0 Å². The van der Waals surface area contributed by atoms with E-state index < -0.39 is 33.6 Å². The smallest absolute Gasteiger partial charge is 0.375 e. The zero-order valence-corrected chi connectivity index (χ0v) is 17.5. The summed E-state index contributed by atoms with van der Waals surface area (Å²) >= 11 is 0. The number of carbonyl (C=O) groups excluding carboxylic acids is 2. The number of hydrogen-bond donors (Lipinski definition) is 2. The summed E-state index contributed by atoms with van der Waals surface area (Å²) in [6.45, 7) is 1.36. The number of hydrogen-bond acceptors (Lipinski definition) is 9. The number of H-pyrrole nitrogens is 1. The van der Waals surface area contributed by atoms with Gasteiger partial charge in [0.05, 0.1) is 23.2 Å². The van der Waals surface area contributed by atoms with Crippen LogP contribution in [0.4, 0.5) is 5.82 Å². The third-order valence-electron chi connectivity index (χ3n) is 4.50. The van der Waals surface area contributed by atoms with Crippen LogP contribution < -0.4 is 5.32 Å². The summed E-state index contributed by atoms with van der Waals surface area (Å²) in [5, 5.41) is 2.53. The van der Waals surface area contributed by atoms with E-state index in [1.165, 1.54) is 44.0 Å². The van der Waals surface area contributed by atoms with Gasteiger partial charge in [-0.1, -0.05) is 18.2 Å². The summed E-state index contributed by atoms with van der Waals surface area (Å²) in [6, 6.07) is 9.20. The predicted octanol–water partition coefficient (Wildman–Crippen LogP) is 2.10. The number of fused-ring (bicyclic) bond motifs is 1. The lowest BCUT2D eigenvalue weighted by Crippen LogP contribution is -2.30. The van der Waals surface area contributed by atoms with Gasteiger partial charge in [0.1, 0.15) is 11.8 Å². The van der Waals surface area contributed by atoms with Crippen LogP contribution >= 0.6 is 0 Å². The maximum Gasteiger partial charge on any atom is 0.375 e. The SMILES string of the molecule is CC(OC(=O)c1occc1CS(=O)(=O)c1ccccc1)C(=O)Nc1ncnc2nc[nH]c12. The van der Waals surface area contributed by atoms with Gasteiger partial charge in [0, 0.05) is 5.56 Å². The Morgan fingerprint density at radius 1 is 1.16 bits per heavy atom. The number of amides is 1. The second kappa shape index (κ2) is 8.59. The number of benzene rings is 1. The molecule has 0 bridgehead atoms. The third-order valence-corrected chi connectivity index (χ3v) is 6.18. The first-order valence-electron chi connectivity index (χ1n) is 9.35. The van der Waals surface area contributed by atoms with E-state index in [1.807, 2.05) is 0 Å². The van der Waals surface area contributed by atoms with Crippen molar-refractivity contribution in [2.75, 3.05) is 5.32 Å². The molecule has 1 aromatic carbocycles. The zero-order valence-electron chi connectivity index (χ0n) is 16.7. The summed E-state index contributed by atoms with van der Waals surface area (Å²) in [6.07, 6.45) is 2.60. The van der Waals surface area contributed by atoms with Gasteiger partial charge >= 0.3 is 5.97 Å². The lowest BCUT2D eigenvalue weighted by Gasteiger charge is -2.13. The molecular formula is C20H17N5O6S. The van der Waals surface area contributed by atoms with Gasteiger partial charge in [-0.15, -0.1) is 0 Å². The second-order valence-electron chi connectivity index (χ2n) is 6.71. The Morgan fingerprint density at radius 2 is 1.94 bits per heavy atom. The molecule has 0 aliphatic rings. The van der Waals surface area contributed by atoms with E-state index in [-0.39, 0.29) is 22.0 Å². The number of aromatic amines is 1. The van der Waals surface area contributed by atoms with Crippen molar-refractivity contribution in [2.24, 2.45) is 0 Å². The molecular weight excluding hydrogens is 438 g/mol. The highest BCUT2D eigenvalue weighted by Gasteiger charge is 2.27. The molecule has 0 aliphatic heterocycles. The number of rotatable bonds is 7. The van der Waals surface area contributed by atoms with Crippen LogP contribution in [0, 0.1) is 0 Å². The number of carbonyl (C=O) groups is 2. The van der Waals surface area contributed by atoms with Gasteiger partial charge < -0.3 is 19.5 Å². The number of nitrogens with one attached hydrogen (secondary N) is 2. The van der Waals surface area contributed by atoms with E-state index >= 15 is 0 Å². The molecule has 0 saturated carbocycles. The first-order valence-corrected chi connectivity index (χ1v) is 11.0. The summed E-state index contributed by atoms with van der Waals surface area (Å²) in [5.74, 6) is -2.20. The van der Waals surface area contributed by atoms with Crippen LogP contribution in [0.2, 0.25) is 0 Å². The van der Waals surface area contributed by atoms with Crippen molar-refractivity contribution >= 4 is 38.7 Å². The predicted molar refractivity (Wildman–Crippen MR) is 111 cm³/mol. The second-order valence-corrected chi connectivity index (χ2v) is 8.70. The molecule has 0 spiro atoms. The molecule has 4 rings (SSSR count). The molecule has 0 radical (unpaired) electrons. The fourth-order valence-electron chi connectivity index (χ4n) is 2.89. The molecule has 4 aromatic rings. The fourth-order valence-corrected chi connectivity index (χ4v) is 4.27. The molecule has 11 nitrogen and oxygen atoms in total. The topological polar surface area (TPSA) is 157 Å². The minimum Gasteiger partial charge on any atom is -0.457 e. The summed E-state index contributed by atoms with van der Waals surface area (Å²) in [5.41, 5.74) is 0.903. The van der Waals surface area contributed by atoms with Gasteiger partial charge in [-0.2, -0.15) is 0 Å². The normalized spacial score (nSPS) is 12.4. The van der Waals surface area contributed by atoms with Crippen LogP contribution in [0.15, 0.2) is 64.6 Å². The highest BCUT2D eigenvalue weighted by molar-refractivity contribution is 7.90. The van der Waals surface area contributed by atoms with E-state index in [2.05, 4.69) is 25.3 Å². The van der Waals surface area contributed by atoms with E-state index in [9.17, 15) is 18.0 Å². The minimum absolute atomic E-state index is 0.114. The maximum absolute atomic E-state index is 12.6. The number of nitrogens with zero attached hydrogens (tertiary/aromatic N) is 3. The Kier molecular flexibility index (Phi) is 5.69. The average Bonchev–Trinajstić information content (AvgIpc) is 3.44. The summed E-state index contributed by atoms with van der Waals surface area (Å²) < 4.78 is 35.6. The highest BCUT2D eigenvalue weighted by Crippen LogP contribution is 2.21. The number of esters is 1. The molecule has 0 fully saturated rings. The molecule has 3 aromatic heterocycles. The molecule has 0 saturated heterocycles. The molecule has 12 heteroatoms. The lowest BCUT2D eigenvalue weighted by atomic mass is 10.3. The van der Waals surface area contributed by atoms with Crippen molar-refractivity contribution < 1.29 is 27.2 Å². The van der Waals surface area contributed by atoms with Crippen LogP contribution in [-0.4, -0.2) is 46.3 Å². The number of aromatic nitrogens is 4. The van der Waals surface area contributed by atoms with Crippen molar-refractivity contribution in [1.82, 2.24) is 19.9 Å².